The van der Waals surface area contributed by atoms with Crippen molar-refractivity contribution in [3.8, 4) is 5.69 Å². The fourth-order valence-electron chi connectivity index (χ4n) is 2.75. The van der Waals surface area contributed by atoms with Gasteiger partial charge in [-0.3, -0.25) is 9.59 Å². The van der Waals surface area contributed by atoms with Gasteiger partial charge in [0.05, 0.1) is 17.8 Å². The molecular formula is C20H27ClN4O2. The molecule has 146 valence electrons. The number of carbonyl (C=O) groups is 2. The first-order valence-electron chi connectivity index (χ1n) is 9.13. The summed E-state index contributed by atoms with van der Waals surface area (Å²) < 4.78 is 1.80. The summed E-state index contributed by atoms with van der Waals surface area (Å²) >= 11 is 5.94. The van der Waals surface area contributed by atoms with Gasteiger partial charge in [-0.05, 0) is 58.4 Å². The van der Waals surface area contributed by atoms with E-state index in [0.29, 0.717) is 5.02 Å². The third-order valence-electron chi connectivity index (χ3n) is 4.62. The second-order valence-electron chi connectivity index (χ2n) is 6.82. The Morgan fingerprint density at radius 1 is 1.15 bits per heavy atom. The molecule has 2 amide bonds. The molecule has 0 spiro atoms. The number of rotatable bonds is 7. The van der Waals surface area contributed by atoms with Crippen LogP contribution in [0, 0.1) is 13.8 Å². The lowest BCUT2D eigenvalue weighted by atomic mass is 10.1. The zero-order chi connectivity index (χ0) is 20.1. The minimum atomic E-state index is -0.585. The molecular weight excluding hydrogens is 364 g/mol. The van der Waals surface area contributed by atoms with Crippen molar-refractivity contribution in [3.63, 3.8) is 0 Å². The second-order valence-corrected chi connectivity index (χ2v) is 7.26. The fraction of sp³-hybridized carbons (Fsp3) is 0.450. The summed E-state index contributed by atoms with van der Waals surface area (Å²) in [6.07, 6.45) is 1.01. The molecule has 6 nitrogen and oxygen atoms in total. The van der Waals surface area contributed by atoms with Gasteiger partial charge >= 0.3 is 0 Å². The third-order valence-corrected chi connectivity index (χ3v) is 4.87. The van der Waals surface area contributed by atoms with Gasteiger partial charge in [0.1, 0.15) is 6.04 Å². The number of hydrogen-bond donors (Lipinski definition) is 2. The molecule has 0 fully saturated rings. The van der Waals surface area contributed by atoms with Crippen molar-refractivity contribution in [2.75, 3.05) is 0 Å². The van der Waals surface area contributed by atoms with Crippen molar-refractivity contribution in [1.29, 1.82) is 0 Å². The van der Waals surface area contributed by atoms with Crippen molar-refractivity contribution in [2.45, 2.75) is 59.5 Å². The van der Waals surface area contributed by atoms with Gasteiger partial charge in [-0.25, -0.2) is 4.68 Å². The maximum Gasteiger partial charge on any atom is 0.242 e. The summed E-state index contributed by atoms with van der Waals surface area (Å²) in [7, 11) is 0. The number of aryl methyl sites for hydroxylation is 1. The van der Waals surface area contributed by atoms with Crippen molar-refractivity contribution in [2.24, 2.45) is 0 Å². The number of hydrogen-bond acceptors (Lipinski definition) is 3. The normalized spacial score (nSPS) is 13.1. The highest BCUT2D eigenvalue weighted by molar-refractivity contribution is 6.30. The molecule has 2 aromatic rings. The van der Waals surface area contributed by atoms with Gasteiger partial charge in [0, 0.05) is 22.3 Å². The first-order chi connectivity index (χ1) is 12.7. The Bertz CT molecular complexity index is 814. The van der Waals surface area contributed by atoms with Crippen LogP contribution in [0.2, 0.25) is 5.02 Å². The van der Waals surface area contributed by atoms with E-state index in [-0.39, 0.29) is 24.3 Å². The van der Waals surface area contributed by atoms with Crippen LogP contribution in [-0.4, -0.2) is 33.7 Å². The number of nitrogens with zero attached hydrogens (tertiary/aromatic N) is 2. The van der Waals surface area contributed by atoms with E-state index < -0.39 is 6.04 Å². The lowest BCUT2D eigenvalue weighted by Crippen LogP contribution is -2.47. The highest BCUT2D eigenvalue weighted by Gasteiger charge is 2.20. The van der Waals surface area contributed by atoms with Crippen molar-refractivity contribution >= 4 is 23.4 Å². The van der Waals surface area contributed by atoms with Crippen molar-refractivity contribution < 1.29 is 9.59 Å². The van der Waals surface area contributed by atoms with Crippen LogP contribution in [0.1, 0.15) is 44.1 Å². The molecule has 0 radical (unpaired) electrons. The minimum Gasteiger partial charge on any atom is -0.352 e. The number of aromatic nitrogens is 2. The Kier molecular flexibility index (Phi) is 7.02. The molecule has 0 aliphatic heterocycles. The lowest BCUT2D eigenvalue weighted by molar-refractivity contribution is -0.128. The summed E-state index contributed by atoms with van der Waals surface area (Å²) in [5, 5.41) is 10.8. The first kappa shape index (κ1) is 21.0. The van der Waals surface area contributed by atoms with E-state index in [2.05, 4.69) is 15.7 Å². The van der Waals surface area contributed by atoms with Gasteiger partial charge in [-0.2, -0.15) is 5.10 Å². The molecule has 27 heavy (non-hydrogen) atoms. The van der Waals surface area contributed by atoms with Gasteiger partial charge in [0.25, 0.3) is 0 Å². The highest BCUT2D eigenvalue weighted by atomic mass is 35.5. The molecule has 1 aromatic carbocycles. The van der Waals surface area contributed by atoms with Gasteiger partial charge in [0.2, 0.25) is 11.8 Å². The van der Waals surface area contributed by atoms with E-state index in [1.165, 1.54) is 0 Å². The Morgan fingerprint density at radius 2 is 1.78 bits per heavy atom. The smallest absolute Gasteiger partial charge is 0.242 e. The van der Waals surface area contributed by atoms with E-state index in [1.54, 1.807) is 23.7 Å². The predicted molar refractivity (Wildman–Crippen MR) is 107 cm³/mol. The van der Waals surface area contributed by atoms with Crippen LogP contribution in [0.3, 0.4) is 0 Å². The Labute approximate surface area is 165 Å². The maximum atomic E-state index is 12.4. The summed E-state index contributed by atoms with van der Waals surface area (Å²) in [5.41, 5.74) is 3.42. The molecule has 7 heteroatoms. The summed E-state index contributed by atoms with van der Waals surface area (Å²) in [6.45, 7) is 9.42. The zero-order valence-corrected chi connectivity index (χ0v) is 17.2. The molecule has 0 saturated carbocycles. The van der Waals surface area contributed by atoms with Crippen LogP contribution in [0.25, 0.3) is 5.69 Å². The van der Waals surface area contributed by atoms with E-state index >= 15 is 0 Å². The number of nitrogens with one attached hydrogen (secondary N) is 2. The zero-order valence-electron chi connectivity index (χ0n) is 16.5. The fourth-order valence-corrected chi connectivity index (χ4v) is 2.88. The Hall–Kier alpha value is -2.34. The average Bonchev–Trinajstić information content (AvgIpc) is 2.90. The average molecular weight is 391 g/mol. The van der Waals surface area contributed by atoms with E-state index in [0.717, 1.165) is 29.1 Å². The highest BCUT2D eigenvalue weighted by Crippen LogP contribution is 2.20. The molecule has 2 rings (SSSR count). The third kappa shape index (κ3) is 5.32. The minimum absolute atomic E-state index is 0.0824. The molecule has 0 bridgehead atoms. The monoisotopic (exact) mass is 390 g/mol. The van der Waals surface area contributed by atoms with Gasteiger partial charge < -0.3 is 10.6 Å². The van der Waals surface area contributed by atoms with Crippen LogP contribution in [-0.2, 0) is 16.0 Å². The summed E-state index contributed by atoms with van der Waals surface area (Å²) in [5.74, 6) is -0.383. The van der Waals surface area contributed by atoms with Crippen molar-refractivity contribution in [1.82, 2.24) is 20.4 Å². The summed E-state index contributed by atoms with van der Waals surface area (Å²) in [4.78, 5) is 24.5. The van der Waals surface area contributed by atoms with Crippen LogP contribution < -0.4 is 10.6 Å². The molecule has 2 N–H and O–H groups in total. The van der Waals surface area contributed by atoms with Gasteiger partial charge in [-0.1, -0.05) is 18.5 Å². The number of amides is 2. The van der Waals surface area contributed by atoms with Crippen LogP contribution in [0.5, 0.6) is 0 Å². The molecule has 2 atom stereocenters. The molecule has 0 saturated heterocycles. The first-order valence-corrected chi connectivity index (χ1v) is 9.51. The number of benzene rings is 1. The SMILES string of the molecule is CCC(C)NC(=O)C(C)NC(=O)Cc1c(C)nn(-c2ccc(Cl)cc2)c1C. The van der Waals surface area contributed by atoms with Crippen LogP contribution >= 0.6 is 11.6 Å². The van der Waals surface area contributed by atoms with E-state index in [9.17, 15) is 9.59 Å². The van der Waals surface area contributed by atoms with Crippen LogP contribution in [0.15, 0.2) is 24.3 Å². The largest absolute Gasteiger partial charge is 0.352 e. The van der Waals surface area contributed by atoms with Gasteiger partial charge in [0.15, 0.2) is 0 Å². The Morgan fingerprint density at radius 3 is 2.37 bits per heavy atom. The number of carbonyl (C=O) groups excluding carboxylic acids is 2. The van der Waals surface area contributed by atoms with E-state index in [4.69, 9.17) is 11.6 Å². The Balaban J connectivity index is 2.08. The molecule has 0 aliphatic rings. The second kappa shape index (κ2) is 9.04. The predicted octanol–water partition coefficient (Wildman–Crippen LogP) is 3.10. The van der Waals surface area contributed by atoms with Gasteiger partial charge in [-0.15, -0.1) is 0 Å². The van der Waals surface area contributed by atoms with Crippen LogP contribution in [0.4, 0.5) is 0 Å². The standard InChI is InChI=1S/C20H27ClN4O2/c1-6-12(2)22-20(27)14(4)23-19(26)11-18-13(3)24-25(15(18)5)17-9-7-16(21)8-10-17/h7-10,12,14H,6,11H2,1-5H3,(H,22,27)(H,23,26). The lowest BCUT2D eigenvalue weighted by Gasteiger charge is -2.17. The van der Waals surface area contributed by atoms with Crippen molar-refractivity contribution in [3.05, 3.63) is 46.2 Å². The maximum absolute atomic E-state index is 12.4. The number of halogens is 1. The van der Waals surface area contributed by atoms with E-state index in [1.807, 2.05) is 39.8 Å². The molecule has 1 aromatic heterocycles. The topological polar surface area (TPSA) is 76.0 Å². The molecule has 0 aliphatic carbocycles. The summed E-state index contributed by atoms with van der Waals surface area (Å²) in [6, 6.07) is 6.87. The molecule has 1 heterocycles. The quantitative estimate of drug-likeness (QED) is 0.762. The molecule has 2 unspecified atom stereocenters.